The van der Waals surface area contributed by atoms with Crippen LogP contribution < -0.4 is 10.6 Å². The number of hydrogen-bond acceptors (Lipinski definition) is 5. The molecule has 25 heavy (non-hydrogen) atoms. The van der Waals surface area contributed by atoms with Gasteiger partial charge in [-0.3, -0.25) is 4.79 Å². The highest BCUT2D eigenvalue weighted by Crippen LogP contribution is 2.16. The van der Waals surface area contributed by atoms with Crippen LogP contribution in [-0.2, 0) is 0 Å². The Morgan fingerprint density at radius 3 is 2.76 bits per heavy atom. The number of carbonyl (C=O) groups is 1. The van der Waals surface area contributed by atoms with Crippen LogP contribution in [0.15, 0.2) is 60.8 Å². The highest BCUT2D eigenvalue weighted by Gasteiger charge is 2.10. The average Bonchev–Trinajstić information content (AvgIpc) is 2.64. The second-order valence-corrected chi connectivity index (χ2v) is 5.35. The zero-order valence-corrected chi connectivity index (χ0v) is 13.5. The second-order valence-electron chi connectivity index (χ2n) is 5.35. The number of hydrogen-bond donors (Lipinski definition) is 2. The third-order valence-electron chi connectivity index (χ3n) is 3.53. The van der Waals surface area contributed by atoms with Crippen LogP contribution in [0.3, 0.4) is 0 Å². The molecule has 6 heteroatoms. The predicted molar refractivity (Wildman–Crippen MR) is 95.6 cm³/mol. The van der Waals surface area contributed by atoms with Crippen LogP contribution in [0.1, 0.15) is 21.6 Å². The second kappa shape index (κ2) is 7.23. The van der Waals surface area contributed by atoms with Crippen molar-refractivity contribution >= 4 is 23.2 Å². The van der Waals surface area contributed by atoms with Gasteiger partial charge in [0.1, 0.15) is 5.69 Å². The molecule has 3 aromatic rings. The van der Waals surface area contributed by atoms with Gasteiger partial charge in [0.15, 0.2) is 0 Å². The smallest absolute Gasteiger partial charge is 0.274 e. The standard InChI is InChI=1S/C19H15N5O/c1-13-5-2-3-8-16(13)23-18(25)17-9-10-21-19(24-17)22-15-7-4-6-14(11-15)12-20/h2-11H,1H3,(H,23,25)(H,21,22,24). The number of nitrogens with zero attached hydrogens (tertiary/aromatic N) is 3. The van der Waals surface area contributed by atoms with E-state index in [1.807, 2.05) is 31.2 Å². The third-order valence-corrected chi connectivity index (χ3v) is 3.53. The van der Waals surface area contributed by atoms with Crippen LogP contribution in [0.2, 0.25) is 0 Å². The molecule has 0 aliphatic heterocycles. The minimum atomic E-state index is -0.314. The Kier molecular flexibility index (Phi) is 4.67. The summed E-state index contributed by atoms with van der Waals surface area (Å²) in [7, 11) is 0. The average molecular weight is 329 g/mol. The van der Waals surface area contributed by atoms with Crippen molar-refractivity contribution in [2.75, 3.05) is 10.6 Å². The summed E-state index contributed by atoms with van der Waals surface area (Å²) in [6.07, 6.45) is 1.51. The fourth-order valence-electron chi connectivity index (χ4n) is 2.24. The van der Waals surface area contributed by atoms with Crippen molar-refractivity contribution in [2.24, 2.45) is 0 Å². The Balaban J connectivity index is 1.78. The molecule has 1 amide bonds. The Hall–Kier alpha value is -3.72. The molecular weight excluding hydrogens is 314 g/mol. The predicted octanol–water partition coefficient (Wildman–Crippen LogP) is 3.65. The maximum Gasteiger partial charge on any atom is 0.274 e. The number of nitrogens with one attached hydrogen (secondary N) is 2. The molecule has 0 spiro atoms. The Morgan fingerprint density at radius 2 is 1.96 bits per heavy atom. The van der Waals surface area contributed by atoms with E-state index in [1.54, 1.807) is 30.3 Å². The van der Waals surface area contributed by atoms with Gasteiger partial charge in [0.05, 0.1) is 11.6 Å². The molecule has 0 saturated heterocycles. The van der Waals surface area contributed by atoms with Crippen molar-refractivity contribution < 1.29 is 4.79 Å². The van der Waals surface area contributed by atoms with E-state index in [0.717, 1.165) is 11.3 Å². The lowest BCUT2D eigenvalue weighted by Gasteiger charge is -2.09. The first kappa shape index (κ1) is 16.1. The summed E-state index contributed by atoms with van der Waals surface area (Å²) in [4.78, 5) is 20.7. The minimum absolute atomic E-state index is 0.247. The number of rotatable bonds is 4. The summed E-state index contributed by atoms with van der Waals surface area (Å²) in [5, 5.41) is 14.8. The monoisotopic (exact) mass is 329 g/mol. The van der Waals surface area contributed by atoms with Crippen molar-refractivity contribution in [3.8, 4) is 6.07 Å². The SMILES string of the molecule is Cc1ccccc1NC(=O)c1ccnc(Nc2cccc(C#N)c2)n1. The van der Waals surface area contributed by atoms with Crippen LogP contribution in [0.4, 0.5) is 17.3 Å². The van der Waals surface area contributed by atoms with E-state index in [9.17, 15) is 4.79 Å². The molecule has 1 aromatic heterocycles. The summed E-state index contributed by atoms with van der Waals surface area (Å²) >= 11 is 0. The molecule has 6 nitrogen and oxygen atoms in total. The van der Waals surface area contributed by atoms with Gasteiger partial charge in [0.25, 0.3) is 5.91 Å². The number of amides is 1. The molecule has 122 valence electrons. The molecule has 0 saturated carbocycles. The van der Waals surface area contributed by atoms with E-state index in [2.05, 4.69) is 26.7 Å². The third kappa shape index (κ3) is 3.98. The summed E-state index contributed by atoms with van der Waals surface area (Å²) in [6, 6.07) is 18.1. The van der Waals surface area contributed by atoms with E-state index in [-0.39, 0.29) is 17.5 Å². The van der Waals surface area contributed by atoms with Crippen molar-refractivity contribution in [3.05, 3.63) is 77.6 Å². The summed E-state index contributed by atoms with van der Waals surface area (Å²) < 4.78 is 0. The Bertz CT molecular complexity index is 962. The summed E-state index contributed by atoms with van der Waals surface area (Å²) in [6.45, 7) is 1.92. The first-order chi connectivity index (χ1) is 12.2. The lowest BCUT2D eigenvalue weighted by Crippen LogP contribution is -2.15. The van der Waals surface area contributed by atoms with Gasteiger partial charge in [0.2, 0.25) is 5.95 Å². The molecule has 0 radical (unpaired) electrons. The molecule has 0 aliphatic carbocycles. The maximum absolute atomic E-state index is 12.4. The number of nitriles is 1. The topological polar surface area (TPSA) is 90.7 Å². The Labute approximate surface area is 145 Å². The van der Waals surface area contributed by atoms with Crippen LogP contribution in [-0.4, -0.2) is 15.9 Å². The molecule has 2 N–H and O–H groups in total. The van der Waals surface area contributed by atoms with Gasteiger partial charge in [-0.25, -0.2) is 9.97 Å². The lowest BCUT2D eigenvalue weighted by atomic mass is 10.2. The van der Waals surface area contributed by atoms with Crippen molar-refractivity contribution in [2.45, 2.75) is 6.92 Å². The van der Waals surface area contributed by atoms with E-state index in [0.29, 0.717) is 11.3 Å². The van der Waals surface area contributed by atoms with Crippen molar-refractivity contribution in [1.29, 1.82) is 5.26 Å². The van der Waals surface area contributed by atoms with Gasteiger partial charge in [-0.05, 0) is 42.8 Å². The van der Waals surface area contributed by atoms with Gasteiger partial charge in [0, 0.05) is 17.6 Å². The number of aryl methyl sites for hydroxylation is 1. The highest BCUT2D eigenvalue weighted by molar-refractivity contribution is 6.03. The van der Waals surface area contributed by atoms with Crippen molar-refractivity contribution in [3.63, 3.8) is 0 Å². The van der Waals surface area contributed by atoms with E-state index >= 15 is 0 Å². The molecule has 0 bridgehead atoms. The van der Waals surface area contributed by atoms with Gasteiger partial charge in [-0.2, -0.15) is 5.26 Å². The largest absolute Gasteiger partial charge is 0.324 e. The van der Waals surface area contributed by atoms with Crippen LogP contribution >= 0.6 is 0 Å². The van der Waals surface area contributed by atoms with Crippen LogP contribution in [0.5, 0.6) is 0 Å². The Morgan fingerprint density at radius 1 is 1.12 bits per heavy atom. The van der Waals surface area contributed by atoms with E-state index in [4.69, 9.17) is 5.26 Å². The number of benzene rings is 2. The number of aromatic nitrogens is 2. The first-order valence-corrected chi connectivity index (χ1v) is 7.63. The fourth-order valence-corrected chi connectivity index (χ4v) is 2.24. The quantitative estimate of drug-likeness (QED) is 0.762. The summed E-state index contributed by atoms with van der Waals surface area (Å²) in [5.74, 6) is -0.0296. The molecular formula is C19H15N5O. The van der Waals surface area contributed by atoms with Gasteiger partial charge >= 0.3 is 0 Å². The molecule has 2 aromatic carbocycles. The van der Waals surface area contributed by atoms with E-state index < -0.39 is 0 Å². The molecule has 1 heterocycles. The molecule has 0 aliphatic rings. The van der Waals surface area contributed by atoms with Crippen molar-refractivity contribution in [1.82, 2.24) is 9.97 Å². The van der Waals surface area contributed by atoms with Gasteiger partial charge in [-0.15, -0.1) is 0 Å². The number of para-hydroxylation sites is 1. The fraction of sp³-hybridized carbons (Fsp3) is 0.0526. The van der Waals surface area contributed by atoms with Crippen LogP contribution in [0.25, 0.3) is 0 Å². The maximum atomic E-state index is 12.4. The van der Waals surface area contributed by atoms with Gasteiger partial charge < -0.3 is 10.6 Å². The molecule has 0 atom stereocenters. The molecule has 0 fully saturated rings. The van der Waals surface area contributed by atoms with E-state index in [1.165, 1.54) is 6.20 Å². The first-order valence-electron chi connectivity index (χ1n) is 7.63. The molecule has 0 unspecified atom stereocenters. The number of carbonyl (C=O) groups excluding carboxylic acids is 1. The lowest BCUT2D eigenvalue weighted by molar-refractivity contribution is 0.102. The minimum Gasteiger partial charge on any atom is -0.324 e. The van der Waals surface area contributed by atoms with Gasteiger partial charge in [-0.1, -0.05) is 24.3 Å². The normalized spacial score (nSPS) is 9.92. The summed E-state index contributed by atoms with van der Waals surface area (Å²) in [5.41, 5.74) is 3.16. The van der Waals surface area contributed by atoms with Crippen LogP contribution in [0, 0.1) is 18.3 Å². The molecule has 3 rings (SSSR count). The zero-order valence-electron chi connectivity index (χ0n) is 13.5. The zero-order chi connectivity index (χ0) is 17.6. The highest BCUT2D eigenvalue weighted by atomic mass is 16.1. The number of anilines is 3.